The SMILES string of the molecule is O=C1CCC(Cl)(Cl)C(=O)C1. The van der Waals surface area contributed by atoms with Crippen molar-refractivity contribution in [2.45, 2.75) is 23.6 Å². The van der Waals surface area contributed by atoms with Gasteiger partial charge in [0.15, 0.2) is 10.1 Å². The molecule has 0 spiro atoms. The van der Waals surface area contributed by atoms with Gasteiger partial charge >= 0.3 is 0 Å². The predicted octanol–water partition coefficient (Wildman–Crippen LogP) is 1.48. The van der Waals surface area contributed by atoms with Gasteiger partial charge in [-0.2, -0.15) is 0 Å². The van der Waals surface area contributed by atoms with Gasteiger partial charge in [0.05, 0.1) is 6.42 Å². The van der Waals surface area contributed by atoms with E-state index in [1.165, 1.54) is 0 Å². The minimum absolute atomic E-state index is 0.0677. The first-order valence-electron chi connectivity index (χ1n) is 2.95. The molecule has 0 heterocycles. The maximum atomic E-state index is 10.8. The second kappa shape index (κ2) is 2.51. The molecule has 1 aliphatic carbocycles. The quantitative estimate of drug-likeness (QED) is 0.419. The van der Waals surface area contributed by atoms with Gasteiger partial charge in [0, 0.05) is 6.42 Å². The Morgan fingerprint density at radius 2 is 1.90 bits per heavy atom. The number of halogens is 2. The molecular weight excluding hydrogens is 175 g/mol. The normalized spacial score (nSPS) is 25.0. The lowest BCUT2D eigenvalue weighted by molar-refractivity contribution is -0.130. The summed E-state index contributed by atoms with van der Waals surface area (Å²) >= 11 is 11.1. The van der Waals surface area contributed by atoms with Crippen LogP contribution in [0.25, 0.3) is 0 Å². The van der Waals surface area contributed by atoms with Gasteiger partial charge in [-0.3, -0.25) is 9.59 Å². The Morgan fingerprint density at radius 1 is 1.30 bits per heavy atom. The molecule has 0 N–H and O–H groups in total. The largest absolute Gasteiger partial charge is 0.299 e. The number of hydrogen-bond donors (Lipinski definition) is 0. The fraction of sp³-hybridized carbons (Fsp3) is 0.667. The number of Topliss-reactive ketones (excluding diaryl/α,β-unsaturated/α-hetero) is 2. The summed E-state index contributed by atoms with van der Waals surface area (Å²) in [5.74, 6) is -0.436. The van der Waals surface area contributed by atoms with E-state index in [1.54, 1.807) is 0 Å². The lowest BCUT2D eigenvalue weighted by atomic mass is 9.97. The van der Waals surface area contributed by atoms with Crippen molar-refractivity contribution in [3.8, 4) is 0 Å². The van der Waals surface area contributed by atoms with Gasteiger partial charge in [-0.1, -0.05) is 23.2 Å². The molecule has 0 aromatic heterocycles. The molecule has 0 bridgehead atoms. The third-order valence-corrected chi connectivity index (χ3v) is 2.28. The summed E-state index contributed by atoms with van der Waals surface area (Å²) in [6, 6.07) is 0. The van der Waals surface area contributed by atoms with Crippen LogP contribution < -0.4 is 0 Å². The van der Waals surface area contributed by atoms with Gasteiger partial charge in [-0.05, 0) is 6.42 Å². The highest BCUT2D eigenvalue weighted by molar-refractivity contribution is 6.59. The monoisotopic (exact) mass is 180 g/mol. The number of rotatable bonds is 0. The topological polar surface area (TPSA) is 34.1 Å². The molecule has 0 radical (unpaired) electrons. The molecule has 1 fully saturated rings. The summed E-state index contributed by atoms with van der Waals surface area (Å²) in [4.78, 5) is 21.5. The van der Waals surface area contributed by atoms with Crippen LogP contribution in [0.5, 0.6) is 0 Å². The zero-order valence-corrected chi connectivity index (χ0v) is 6.71. The Hall–Kier alpha value is -0.0800. The summed E-state index contributed by atoms with van der Waals surface area (Å²) < 4.78 is -1.30. The molecule has 0 aliphatic heterocycles. The van der Waals surface area contributed by atoms with Crippen LogP contribution in [0.15, 0.2) is 0 Å². The highest BCUT2D eigenvalue weighted by atomic mass is 35.5. The van der Waals surface area contributed by atoms with Crippen molar-refractivity contribution < 1.29 is 9.59 Å². The zero-order valence-electron chi connectivity index (χ0n) is 5.19. The molecule has 4 heteroatoms. The molecule has 56 valence electrons. The fourth-order valence-electron chi connectivity index (χ4n) is 0.833. The number of hydrogen-bond acceptors (Lipinski definition) is 2. The van der Waals surface area contributed by atoms with E-state index in [0.29, 0.717) is 6.42 Å². The van der Waals surface area contributed by atoms with E-state index in [1.807, 2.05) is 0 Å². The first kappa shape index (κ1) is 8.02. The maximum absolute atomic E-state index is 10.8. The van der Waals surface area contributed by atoms with E-state index < -0.39 is 4.33 Å². The van der Waals surface area contributed by atoms with E-state index in [0.717, 1.165) is 0 Å². The Labute approximate surface area is 68.5 Å². The van der Waals surface area contributed by atoms with Crippen molar-refractivity contribution >= 4 is 34.8 Å². The average Bonchev–Trinajstić information content (AvgIpc) is 1.81. The molecule has 10 heavy (non-hydrogen) atoms. The van der Waals surface area contributed by atoms with Crippen molar-refractivity contribution in [1.29, 1.82) is 0 Å². The highest BCUT2D eigenvalue weighted by Gasteiger charge is 2.38. The predicted molar refractivity (Wildman–Crippen MR) is 38.3 cm³/mol. The lowest BCUT2D eigenvalue weighted by Gasteiger charge is -2.21. The third kappa shape index (κ3) is 1.50. The van der Waals surface area contributed by atoms with Crippen molar-refractivity contribution in [2.75, 3.05) is 0 Å². The summed E-state index contributed by atoms with van der Waals surface area (Å²) in [6.07, 6.45) is 0.472. The van der Waals surface area contributed by atoms with Crippen LogP contribution in [0.1, 0.15) is 19.3 Å². The summed E-state index contributed by atoms with van der Waals surface area (Å²) in [5, 5.41) is 0. The second-order valence-electron chi connectivity index (χ2n) is 2.34. The Kier molecular flexibility index (Phi) is 2.02. The molecular formula is C6H6Cl2O2. The van der Waals surface area contributed by atoms with E-state index in [2.05, 4.69) is 0 Å². The number of carbonyl (C=O) groups excluding carboxylic acids is 2. The van der Waals surface area contributed by atoms with E-state index in [-0.39, 0.29) is 24.4 Å². The Morgan fingerprint density at radius 3 is 2.30 bits per heavy atom. The highest BCUT2D eigenvalue weighted by Crippen LogP contribution is 2.33. The summed E-state index contributed by atoms with van der Waals surface area (Å²) in [7, 11) is 0. The van der Waals surface area contributed by atoms with Gasteiger partial charge in [0.25, 0.3) is 0 Å². The Bertz CT molecular complexity index is 186. The van der Waals surface area contributed by atoms with Crippen molar-refractivity contribution in [3.05, 3.63) is 0 Å². The van der Waals surface area contributed by atoms with Crippen LogP contribution in [0.3, 0.4) is 0 Å². The van der Waals surface area contributed by atoms with Crippen molar-refractivity contribution in [2.24, 2.45) is 0 Å². The van der Waals surface area contributed by atoms with Crippen LogP contribution in [0, 0.1) is 0 Å². The van der Waals surface area contributed by atoms with Crippen LogP contribution in [0.2, 0.25) is 0 Å². The van der Waals surface area contributed by atoms with Crippen molar-refractivity contribution in [1.82, 2.24) is 0 Å². The average molecular weight is 181 g/mol. The molecule has 0 aromatic carbocycles. The molecule has 0 aromatic rings. The van der Waals surface area contributed by atoms with E-state index in [4.69, 9.17) is 23.2 Å². The Balaban J connectivity index is 2.70. The number of alkyl halides is 2. The minimum Gasteiger partial charge on any atom is -0.299 e. The van der Waals surface area contributed by atoms with Gasteiger partial charge in [0.1, 0.15) is 5.78 Å². The summed E-state index contributed by atoms with van der Waals surface area (Å²) in [6.45, 7) is 0. The molecule has 1 rings (SSSR count). The fourth-order valence-corrected chi connectivity index (χ4v) is 1.16. The van der Waals surface area contributed by atoms with Gasteiger partial charge < -0.3 is 0 Å². The molecule has 0 saturated heterocycles. The molecule has 0 amide bonds. The standard InChI is InChI=1S/C6H6Cl2O2/c7-6(8)2-1-4(9)3-5(6)10/h1-3H2. The van der Waals surface area contributed by atoms with Crippen LogP contribution in [-0.2, 0) is 9.59 Å². The number of ketones is 2. The minimum atomic E-state index is -1.30. The first-order chi connectivity index (χ1) is 4.52. The third-order valence-electron chi connectivity index (χ3n) is 1.48. The lowest BCUT2D eigenvalue weighted by Crippen LogP contribution is -2.33. The number of carbonyl (C=O) groups is 2. The molecule has 0 unspecified atom stereocenters. The molecule has 0 atom stereocenters. The maximum Gasteiger partial charge on any atom is 0.176 e. The summed E-state index contributed by atoms with van der Waals surface area (Å²) in [5.41, 5.74) is 0. The van der Waals surface area contributed by atoms with Crippen LogP contribution >= 0.6 is 23.2 Å². The van der Waals surface area contributed by atoms with E-state index in [9.17, 15) is 9.59 Å². The van der Waals surface area contributed by atoms with Crippen LogP contribution in [0.4, 0.5) is 0 Å². The molecule has 2 nitrogen and oxygen atoms in total. The van der Waals surface area contributed by atoms with Gasteiger partial charge in [-0.15, -0.1) is 0 Å². The zero-order chi connectivity index (χ0) is 7.78. The second-order valence-corrected chi connectivity index (χ2v) is 3.83. The van der Waals surface area contributed by atoms with Crippen molar-refractivity contribution in [3.63, 3.8) is 0 Å². The van der Waals surface area contributed by atoms with Gasteiger partial charge in [0.2, 0.25) is 0 Å². The molecule has 1 saturated carbocycles. The van der Waals surface area contributed by atoms with Gasteiger partial charge in [-0.25, -0.2) is 0 Å². The smallest absolute Gasteiger partial charge is 0.176 e. The van der Waals surface area contributed by atoms with Crippen LogP contribution in [-0.4, -0.2) is 15.9 Å². The molecule has 1 aliphatic rings. The first-order valence-corrected chi connectivity index (χ1v) is 3.71. The van der Waals surface area contributed by atoms with E-state index >= 15 is 0 Å².